The van der Waals surface area contributed by atoms with Gasteiger partial charge in [-0.1, -0.05) is 18.2 Å². The fraction of sp³-hybridized carbons (Fsp3) is 0.417. The molecule has 1 aliphatic rings. The maximum absolute atomic E-state index is 13.0. The Hall–Kier alpha value is -2.57. The molecule has 1 atom stereocenters. The summed E-state index contributed by atoms with van der Waals surface area (Å²) in [6.45, 7) is 3.86. The van der Waals surface area contributed by atoms with Crippen LogP contribution < -0.4 is 5.73 Å². The van der Waals surface area contributed by atoms with Crippen LogP contribution in [-0.2, 0) is 11.3 Å². The number of Topliss-reactive ketones (excluding diaryl/α,β-unsaturated/α-hetero) is 1. The van der Waals surface area contributed by atoms with Crippen LogP contribution in [0.4, 0.5) is 4.39 Å². The van der Waals surface area contributed by atoms with Crippen LogP contribution in [0.3, 0.4) is 0 Å². The molecule has 0 aliphatic carbocycles. The topological polar surface area (TPSA) is 72.6 Å². The third-order valence-corrected chi connectivity index (χ3v) is 5.54. The molecule has 0 saturated carbocycles. The van der Waals surface area contributed by atoms with Crippen molar-refractivity contribution in [3.8, 4) is 0 Å². The SMILES string of the molecule is NC(=O)c1ccccc1COCC1CCCN(CCCC(=O)c2ccc(F)cc2)C1. The summed E-state index contributed by atoms with van der Waals surface area (Å²) in [5, 5.41) is 0. The highest BCUT2D eigenvalue weighted by Gasteiger charge is 2.20. The molecule has 2 aromatic carbocycles. The molecule has 30 heavy (non-hydrogen) atoms. The number of ether oxygens (including phenoxy) is 1. The van der Waals surface area contributed by atoms with Crippen LogP contribution in [0.5, 0.6) is 0 Å². The summed E-state index contributed by atoms with van der Waals surface area (Å²) in [7, 11) is 0. The zero-order valence-corrected chi connectivity index (χ0v) is 17.2. The monoisotopic (exact) mass is 412 g/mol. The molecule has 1 aliphatic heterocycles. The van der Waals surface area contributed by atoms with E-state index in [1.165, 1.54) is 12.1 Å². The second kappa shape index (κ2) is 11.0. The molecular formula is C24H29FN2O3. The highest BCUT2D eigenvalue weighted by molar-refractivity contribution is 5.96. The molecule has 1 saturated heterocycles. The predicted octanol–water partition coefficient (Wildman–Crippen LogP) is 3.82. The second-order valence-corrected chi connectivity index (χ2v) is 7.88. The summed E-state index contributed by atoms with van der Waals surface area (Å²) in [6, 6.07) is 13.0. The van der Waals surface area contributed by atoms with E-state index in [0.717, 1.165) is 44.5 Å². The number of hydrogen-bond acceptors (Lipinski definition) is 4. The summed E-state index contributed by atoms with van der Waals surface area (Å²) in [6.07, 6.45) is 3.48. The van der Waals surface area contributed by atoms with Crippen molar-refractivity contribution in [3.63, 3.8) is 0 Å². The van der Waals surface area contributed by atoms with Gasteiger partial charge in [-0.3, -0.25) is 9.59 Å². The number of benzene rings is 2. The van der Waals surface area contributed by atoms with Crippen molar-refractivity contribution < 1.29 is 18.7 Å². The van der Waals surface area contributed by atoms with Gasteiger partial charge in [-0.2, -0.15) is 0 Å². The number of piperidine rings is 1. The third-order valence-electron chi connectivity index (χ3n) is 5.54. The van der Waals surface area contributed by atoms with Crippen LogP contribution in [0.1, 0.15) is 52.0 Å². The summed E-state index contributed by atoms with van der Waals surface area (Å²) in [5.41, 5.74) is 7.31. The predicted molar refractivity (Wildman–Crippen MR) is 114 cm³/mol. The molecule has 2 N–H and O–H groups in total. The van der Waals surface area contributed by atoms with Gasteiger partial charge in [-0.05, 0) is 74.2 Å². The Balaban J connectivity index is 1.38. The van der Waals surface area contributed by atoms with Crippen molar-refractivity contribution in [1.29, 1.82) is 0 Å². The van der Waals surface area contributed by atoms with Crippen molar-refractivity contribution >= 4 is 11.7 Å². The largest absolute Gasteiger partial charge is 0.376 e. The molecule has 1 fully saturated rings. The number of carbonyl (C=O) groups is 2. The van der Waals surface area contributed by atoms with Gasteiger partial charge in [0.2, 0.25) is 5.91 Å². The number of primary amides is 1. The Morgan fingerprint density at radius 3 is 2.67 bits per heavy atom. The van der Waals surface area contributed by atoms with Crippen LogP contribution in [-0.4, -0.2) is 42.8 Å². The van der Waals surface area contributed by atoms with E-state index < -0.39 is 5.91 Å². The number of likely N-dealkylation sites (tertiary alicyclic amines) is 1. The number of rotatable bonds is 10. The minimum absolute atomic E-state index is 0.0556. The minimum Gasteiger partial charge on any atom is -0.376 e. The smallest absolute Gasteiger partial charge is 0.249 e. The molecule has 0 bridgehead atoms. The summed E-state index contributed by atoms with van der Waals surface area (Å²) in [5.74, 6) is -0.272. The molecule has 0 spiro atoms. The molecule has 1 amide bonds. The number of ketones is 1. The van der Waals surface area contributed by atoms with Crippen LogP contribution in [0.2, 0.25) is 0 Å². The molecule has 0 radical (unpaired) electrons. The van der Waals surface area contributed by atoms with E-state index in [-0.39, 0.29) is 11.6 Å². The van der Waals surface area contributed by atoms with Gasteiger partial charge < -0.3 is 15.4 Å². The second-order valence-electron chi connectivity index (χ2n) is 7.88. The lowest BCUT2D eigenvalue weighted by molar-refractivity contribution is 0.0507. The lowest BCUT2D eigenvalue weighted by Gasteiger charge is -2.32. The minimum atomic E-state index is -0.437. The van der Waals surface area contributed by atoms with E-state index in [1.807, 2.05) is 12.1 Å². The lowest BCUT2D eigenvalue weighted by atomic mass is 9.98. The molecule has 1 heterocycles. The number of nitrogens with zero attached hydrogens (tertiary/aromatic N) is 1. The fourth-order valence-corrected chi connectivity index (χ4v) is 3.96. The Morgan fingerprint density at radius 1 is 1.13 bits per heavy atom. The maximum atomic E-state index is 13.0. The highest BCUT2D eigenvalue weighted by Crippen LogP contribution is 2.19. The van der Waals surface area contributed by atoms with Gasteiger partial charge in [0.05, 0.1) is 13.2 Å². The van der Waals surface area contributed by atoms with E-state index in [4.69, 9.17) is 10.5 Å². The van der Waals surface area contributed by atoms with Crippen molar-refractivity contribution in [3.05, 3.63) is 71.0 Å². The van der Waals surface area contributed by atoms with Gasteiger partial charge >= 0.3 is 0 Å². The maximum Gasteiger partial charge on any atom is 0.249 e. The summed E-state index contributed by atoms with van der Waals surface area (Å²) in [4.78, 5) is 26.1. The Labute approximate surface area is 177 Å². The number of nitrogens with two attached hydrogens (primary N) is 1. The third kappa shape index (κ3) is 6.47. The first-order valence-electron chi connectivity index (χ1n) is 10.5. The van der Waals surface area contributed by atoms with Gasteiger partial charge in [-0.25, -0.2) is 4.39 Å². The average molecular weight is 413 g/mol. The summed E-state index contributed by atoms with van der Waals surface area (Å²) < 4.78 is 18.9. The Bertz CT molecular complexity index is 854. The molecular weight excluding hydrogens is 383 g/mol. The first-order valence-corrected chi connectivity index (χ1v) is 10.5. The van der Waals surface area contributed by atoms with E-state index in [1.54, 1.807) is 24.3 Å². The van der Waals surface area contributed by atoms with Crippen molar-refractivity contribution in [2.45, 2.75) is 32.3 Å². The Kier molecular flexibility index (Phi) is 8.11. The quantitative estimate of drug-likeness (QED) is 0.602. The van der Waals surface area contributed by atoms with Gasteiger partial charge in [0.15, 0.2) is 5.78 Å². The fourth-order valence-electron chi connectivity index (χ4n) is 3.96. The van der Waals surface area contributed by atoms with E-state index in [2.05, 4.69) is 4.90 Å². The highest BCUT2D eigenvalue weighted by atomic mass is 19.1. The number of hydrogen-bond donors (Lipinski definition) is 1. The van der Waals surface area contributed by atoms with Crippen LogP contribution >= 0.6 is 0 Å². The normalized spacial score (nSPS) is 17.0. The number of halogens is 1. The van der Waals surface area contributed by atoms with E-state index in [0.29, 0.717) is 36.7 Å². The average Bonchev–Trinajstić information content (AvgIpc) is 2.75. The molecule has 0 aromatic heterocycles. The first kappa shape index (κ1) is 22.1. The summed E-state index contributed by atoms with van der Waals surface area (Å²) >= 11 is 0. The van der Waals surface area contributed by atoms with E-state index in [9.17, 15) is 14.0 Å². The van der Waals surface area contributed by atoms with Gasteiger partial charge in [0.1, 0.15) is 5.82 Å². The van der Waals surface area contributed by atoms with Crippen molar-refractivity contribution in [2.75, 3.05) is 26.2 Å². The van der Waals surface area contributed by atoms with Gasteiger partial charge in [0, 0.05) is 24.1 Å². The molecule has 160 valence electrons. The number of amides is 1. The van der Waals surface area contributed by atoms with Crippen LogP contribution in [0.15, 0.2) is 48.5 Å². The zero-order chi connectivity index (χ0) is 21.3. The molecule has 2 aromatic rings. The lowest BCUT2D eigenvalue weighted by Crippen LogP contribution is -2.37. The van der Waals surface area contributed by atoms with Crippen LogP contribution in [0.25, 0.3) is 0 Å². The van der Waals surface area contributed by atoms with Gasteiger partial charge in [-0.15, -0.1) is 0 Å². The molecule has 1 unspecified atom stereocenters. The molecule has 6 heteroatoms. The Morgan fingerprint density at radius 2 is 1.90 bits per heavy atom. The van der Waals surface area contributed by atoms with Gasteiger partial charge in [0.25, 0.3) is 0 Å². The van der Waals surface area contributed by atoms with Crippen LogP contribution in [0, 0.1) is 11.7 Å². The zero-order valence-electron chi connectivity index (χ0n) is 17.2. The number of carbonyl (C=O) groups excluding carboxylic acids is 2. The standard InChI is InChI=1S/C24H29FN2O3/c25-21-11-9-19(10-12-21)23(28)8-4-14-27-13-3-5-18(15-27)16-30-17-20-6-1-2-7-22(20)24(26)29/h1-2,6-7,9-12,18H,3-5,8,13-17H2,(H2,26,29). The van der Waals surface area contributed by atoms with E-state index >= 15 is 0 Å². The first-order chi connectivity index (χ1) is 14.5. The van der Waals surface area contributed by atoms with Crippen molar-refractivity contribution in [2.24, 2.45) is 11.7 Å². The van der Waals surface area contributed by atoms with Crippen molar-refractivity contribution in [1.82, 2.24) is 4.90 Å². The molecule has 3 rings (SSSR count). The molecule has 5 nitrogen and oxygen atoms in total.